The lowest BCUT2D eigenvalue weighted by Crippen LogP contribution is -2.49. The summed E-state index contributed by atoms with van der Waals surface area (Å²) in [6.45, 7) is 8.11. The van der Waals surface area contributed by atoms with Crippen LogP contribution in [0.15, 0.2) is 30.7 Å². The maximum Gasteiger partial charge on any atom is 0.282 e. The molecule has 1 atom stereocenters. The van der Waals surface area contributed by atoms with E-state index >= 15 is 0 Å². The van der Waals surface area contributed by atoms with Gasteiger partial charge in [-0.1, -0.05) is 12.6 Å². The second kappa shape index (κ2) is 11.2. The molecule has 0 bridgehead atoms. The molecule has 1 saturated heterocycles. The van der Waals surface area contributed by atoms with E-state index in [0.29, 0.717) is 58.1 Å². The monoisotopic (exact) mass is 549 g/mol. The van der Waals surface area contributed by atoms with Gasteiger partial charge in [-0.2, -0.15) is 10.1 Å². The van der Waals surface area contributed by atoms with Crippen molar-refractivity contribution in [1.29, 1.82) is 0 Å². The molecule has 0 saturated carbocycles. The number of hydrogen-bond acceptors (Lipinski definition) is 8. The molecule has 0 radical (unpaired) electrons. The minimum atomic E-state index is -0.942. The van der Waals surface area contributed by atoms with E-state index in [1.165, 1.54) is 16.0 Å². The fourth-order valence-corrected chi connectivity index (χ4v) is 5.60. The number of halogens is 1. The van der Waals surface area contributed by atoms with Crippen LogP contribution in [0.2, 0.25) is 0 Å². The largest absolute Gasteiger partial charge is 0.354 e. The van der Waals surface area contributed by atoms with Crippen LogP contribution in [0.5, 0.6) is 0 Å². The number of nitrogens with zero attached hydrogens (tertiary/aromatic N) is 7. The van der Waals surface area contributed by atoms with Crippen molar-refractivity contribution >= 4 is 34.5 Å². The number of carbonyl (C=O) groups is 2. The van der Waals surface area contributed by atoms with Crippen LogP contribution in [-0.2, 0) is 22.6 Å². The molecular formula is C28H36FN9O2. The summed E-state index contributed by atoms with van der Waals surface area (Å²) in [5.74, 6) is -0.309. The Morgan fingerprint density at radius 3 is 2.65 bits per heavy atom. The van der Waals surface area contributed by atoms with E-state index in [4.69, 9.17) is 9.97 Å². The predicted octanol–water partition coefficient (Wildman–Crippen LogP) is 2.41. The Morgan fingerprint density at radius 1 is 1.20 bits per heavy atom. The molecule has 5 rings (SSSR count). The third-order valence-corrected chi connectivity index (χ3v) is 7.83. The van der Waals surface area contributed by atoms with Gasteiger partial charge in [-0.3, -0.25) is 19.6 Å². The number of nitrogens with one attached hydrogen (secondary N) is 2. The fourth-order valence-electron chi connectivity index (χ4n) is 5.60. The van der Waals surface area contributed by atoms with Crippen molar-refractivity contribution in [3.05, 3.63) is 53.1 Å². The zero-order valence-corrected chi connectivity index (χ0v) is 23.5. The lowest BCUT2D eigenvalue weighted by Gasteiger charge is -2.39. The van der Waals surface area contributed by atoms with Crippen LogP contribution in [0.25, 0.3) is 10.9 Å². The zero-order chi connectivity index (χ0) is 28.6. The van der Waals surface area contributed by atoms with E-state index in [0.717, 1.165) is 28.0 Å². The Balaban J connectivity index is 1.47. The van der Waals surface area contributed by atoms with Gasteiger partial charge in [0.05, 0.1) is 17.4 Å². The highest BCUT2D eigenvalue weighted by atomic mass is 19.1. The van der Waals surface area contributed by atoms with E-state index in [-0.39, 0.29) is 11.9 Å². The number of aryl methyl sites for hydroxylation is 1. The molecule has 40 heavy (non-hydrogen) atoms. The van der Waals surface area contributed by atoms with Crippen LogP contribution < -0.4 is 10.2 Å². The van der Waals surface area contributed by atoms with Crippen LogP contribution in [0.3, 0.4) is 0 Å². The highest BCUT2D eigenvalue weighted by Crippen LogP contribution is 2.39. The summed E-state index contributed by atoms with van der Waals surface area (Å²) in [5.41, 5.74) is 5.41. The molecule has 0 aliphatic carbocycles. The molecule has 1 aromatic carbocycles. The van der Waals surface area contributed by atoms with Crippen molar-refractivity contribution in [3.8, 4) is 0 Å². The zero-order valence-electron chi connectivity index (χ0n) is 23.5. The maximum atomic E-state index is 13.5. The van der Waals surface area contributed by atoms with Gasteiger partial charge in [0.2, 0.25) is 11.9 Å². The second-order valence-electron chi connectivity index (χ2n) is 10.7. The predicted molar refractivity (Wildman–Crippen MR) is 152 cm³/mol. The first-order valence-electron chi connectivity index (χ1n) is 13.5. The van der Waals surface area contributed by atoms with Crippen LogP contribution in [0.1, 0.15) is 34.8 Å². The molecule has 2 aromatic heterocycles. The van der Waals surface area contributed by atoms with Gasteiger partial charge in [-0.25, -0.2) is 9.37 Å². The molecular weight excluding hydrogens is 513 g/mol. The molecule has 2 N–H and O–H groups in total. The first-order valence-corrected chi connectivity index (χ1v) is 13.5. The highest BCUT2D eigenvalue weighted by molar-refractivity contribution is 5.90. The van der Waals surface area contributed by atoms with Crippen molar-refractivity contribution in [2.75, 3.05) is 64.1 Å². The SMILES string of the molecule is C=C(F)C(=O)N1CCN(c2nc(NCCC(=O)N(C)C)nc3c2CN(C)C(c2c(C)ccc4[nH]ncc24)C3)CC1. The summed E-state index contributed by atoms with van der Waals surface area (Å²) in [6.07, 6.45) is 2.88. The first-order chi connectivity index (χ1) is 19.1. The summed E-state index contributed by atoms with van der Waals surface area (Å²) in [4.78, 5) is 41.6. The van der Waals surface area contributed by atoms with Crippen LogP contribution in [-0.4, -0.2) is 101 Å². The smallest absolute Gasteiger partial charge is 0.282 e. The van der Waals surface area contributed by atoms with Gasteiger partial charge < -0.3 is 20.0 Å². The van der Waals surface area contributed by atoms with E-state index < -0.39 is 11.7 Å². The van der Waals surface area contributed by atoms with Gasteiger partial charge in [0.1, 0.15) is 5.82 Å². The summed E-state index contributed by atoms with van der Waals surface area (Å²) < 4.78 is 13.5. The fraction of sp³-hybridized carbons (Fsp3) is 0.464. The van der Waals surface area contributed by atoms with Gasteiger partial charge in [-0.15, -0.1) is 0 Å². The van der Waals surface area contributed by atoms with E-state index in [1.807, 2.05) is 6.20 Å². The maximum absolute atomic E-state index is 13.5. The standard InChI is InChI=1S/C28H36FN9O2/c1-17-6-7-21-19(15-31-34-21)25(17)23-14-22-20(16-36(23)5)26(33-28(32-22)30-9-8-24(39)35(3)4)37-10-12-38(13-11-37)27(40)18(2)29/h6-7,15,23H,2,8-14,16H2,1,3-5H3,(H,31,34)(H,30,32,33). The van der Waals surface area contributed by atoms with Crippen molar-refractivity contribution in [2.45, 2.75) is 32.4 Å². The van der Waals surface area contributed by atoms with Crippen LogP contribution in [0.4, 0.5) is 16.2 Å². The van der Waals surface area contributed by atoms with Crippen molar-refractivity contribution in [1.82, 2.24) is 34.9 Å². The molecule has 0 spiro atoms. The Morgan fingerprint density at radius 2 is 1.95 bits per heavy atom. The Hall–Kier alpha value is -4.06. The molecule has 4 heterocycles. The van der Waals surface area contributed by atoms with E-state index in [9.17, 15) is 14.0 Å². The highest BCUT2D eigenvalue weighted by Gasteiger charge is 2.33. The third-order valence-electron chi connectivity index (χ3n) is 7.83. The van der Waals surface area contributed by atoms with Crippen LogP contribution in [0, 0.1) is 6.92 Å². The van der Waals surface area contributed by atoms with E-state index in [2.05, 4.69) is 58.0 Å². The average molecular weight is 550 g/mol. The van der Waals surface area contributed by atoms with Crippen molar-refractivity contribution < 1.29 is 14.0 Å². The minimum Gasteiger partial charge on any atom is -0.354 e. The number of H-pyrrole nitrogens is 1. The number of piperazine rings is 1. The quantitative estimate of drug-likeness (QED) is 0.432. The number of benzene rings is 1. The number of amides is 2. The lowest BCUT2D eigenvalue weighted by molar-refractivity contribution is -0.129. The topological polar surface area (TPSA) is 114 Å². The normalized spacial score (nSPS) is 17.6. The Kier molecular flexibility index (Phi) is 7.70. The molecule has 3 aromatic rings. The second-order valence-corrected chi connectivity index (χ2v) is 10.7. The molecule has 1 fully saturated rings. The Labute approximate surface area is 233 Å². The molecule has 2 aliphatic heterocycles. The summed E-state index contributed by atoms with van der Waals surface area (Å²) in [7, 11) is 5.58. The van der Waals surface area contributed by atoms with Gasteiger partial charge in [0.15, 0.2) is 5.83 Å². The lowest BCUT2D eigenvalue weighted by atomic mass is 9.89. The van der Waals surface area contributed by atoms with Crippen molar-refractivity contribution in [3.63, 3.8) is 0 Å². The number of carbonyl (C=O) groups excluding carboxylic acids is 2. The number of anilines is 2. The molecule has 1 unspecified atom stereocenters. The summed E-state index contributed by atoms with van der Waals surface area (Å²) in [6, 6.07) is 4.26. The number of aromatic amines is 1. The number of hydrogen-bond donors (Lipinski definition) is 2. The molecule has 212 valence electrons. The number of likely N-dealkylation sites (N-methyl/N-ethyl adjacent to an activating group) is 1. The minimum absolute atomic E-state index is 0.0197. The number of rotatable bonds is 7. The van der Waals surface area contributed by atoms with Gasteiger partial charge in [0.25, 0.3) is 5.91 Å². The van der Waals surface area contributed by atoms with Gasteiger partial charge >= 0.3 is 0 Å². The third kappa shape index (κ3) is 5.35. The van der Waals surface area contributed by atoms with E-state index in [1.54, 1.807) is 19.0 Å². The van der Waals surface area contributed by atoms with Crippen molar-refractivity contribution in [2.24, 2.45) is 0 Å². The average Bonchev–Trinajstić information content (AvgIpc) is 3.41. The Bertz CT molecular complexity index is 1450. The summed E-state index contributed by atoms with van der Waals surface area (Å²) >= 11 is 0. The molecule has 12 heteroatoms. The van der Waals surface area contributed by atoms with Crippen LogP contribution >= 0.6 is 0 Å². The molecule has 2 amide bonds. The summed E-state index contributed by atoms with van der Waals surface area (Å²) in [5, 5.41) is 11.7. The molecule has 2 aliphatic rings. The first kappa shape index (κ1) is 27.5. The van der Waals surface area contributed by atoms with Gasteiger partial charge in [0, 0.05) is 83.2 Å². The number of aromatic nitrogens is 4. The number of fused-ring (bicyclic) bond motifs is 2. The van der Waals surface area contributed by atoms with Gasteiger partial charge in [-0.05, 0) is 31.2 Å². The molecule has 11 nitrogen and oxygen atoms in total.